The average molecular weight is 287 g/mol. The zero-order valence-corrected chi connectivity index (χ0v) is 11.9. The zero-order chi connectivity index (χ0) is 14.6. The summed E-state index contributed by atoms with van der Waals surface area (Å²) in [5.74, 6) is -1.93. The van der Waals surface area contributed by atoms with Crippen molar-refractivity contribution < 1.29 is 28.5 Å². The topological polar surface area (TPSA) is 74.3 Å². The van der Waals surface area contributed by atoms with E-state index in [1.54, 1.807) is 13.8 Å². The van der Waals surface area contributed by atoms with Gasteiger partial charge in [0.2, 0.25) is 0 Å². The van der Waals surface area contributed by atoms with E-state index in [1.165, 1.54) is 4.90 Å². The number of carbonyl (C=O) groups is 2. The quantitative estimate of drug-likeness (QED) is 0.714. The van der Waals surface area contributed by atoms with E-state index >= 15 is 0 Å². The van der Waals surface area contributed by atoms with Crippen LogP contribution in [0.25, 0.3) is 0 Å². The first-order chi connectivity index (χ1) is 9.63. The number of amides is 1. The summed E-state index contributed by atoms with van der Waals surface area (Å²) >= 11 is 0. The van der Waals surface area contributed by atoms with Gasteiger partial charge in [0.25, 0.3) is 0 Å². The second-order valence-corrected chi connectivity index (χ2v) is 4.72. The predicted molar refractivity (Wildman–Crippen MR) is 68.0 cm³/mol. The second kappa shape index (κ2) is 6.41. The first kappa shape index (κ1) is 15.1. The highest BCUT2D eigenvalue weighted by molar-refractivity contribution is 5.75. The molecule has 0 saturated carbocycles. The molecule has 1 amide bonds. The lowest BCUT2D eigenvalue weighted by atomic mass is 9.90. The summed E-state index contributed by atoms with van der Waals surface area (Å²) in [6.07, 6.45) is 0.0331. The van der Waals surface area contributed by atoms with Gasteiger partial charge >= 0.3 is 12.1 Å². The largest absolute Gasteiger partial charge is 0.466 e. The lowest BCUT2D eigenvalue weighted by molar-refractivity contribution is -0.227. The summed E-state index contributed by atoms with van der Waals surface area (Å²) in [6, 6.07) is 0. The molecule has 2 fully saturated rings. The average Bonchev–Trinajstić information content (AvgIpc) is 2.87. The van der Waals surface area contributed by atoms with Crippen LogP contribution in [0.15, 0.2) is 0 Å². The Hall–Kier alpha value is -1.34. The summed E-state index contributed by atoms with van der Waals surface area (Å²) in [7, 11) is 0. The summed E-state index contributed by atoms with van der Waals surface area (Å²) in [5.41, 5.74) is 0. The van der Waals surface area contributed by atoms with E-state index in [4.69, 9.17) is 18.9 Å². The highest BCUT2D eigenvalue weighted by Gasteiger charge is 2.53. The number of hydrogen-bond donors (Lipinski definition) is 0. The van der Waals surface area contributed by atoms with Crippen LogP contribution in [0.5, 0.6) is 0 Å². The molecule has 0 bridgehead atoms. The Kier molecular flexibility index (Phi) is 4.82. The maximum Gasteiger partial charge on any atom is 0.409 e. The van der Waals surface area contributed by atoms with E-state index in [1.807, 2.05) is 0 Å². The van der Waals surface area contributed by atoms with Crippen molar-refractivity contribution in [2.24, 2.45) is 5.92 Å². The summed E-state index contributed by atoms with van der Waals surface area (Å²) in [6.45, 7) is 5.57. The van der Waals surface area contributed by atoms with E-state index in [-0.39, 0.29) is 12.5 Å². The van der Waals surface area contributed by atoms with Crippen molar-refractivity contribution in [2.45, 2.75) is 26.1 Å². The number of likely N-dealkylation sites (tertiary alicyclic amines) is 1. The molecular formula is C13H21NO6. The van der Waals surface area contributed by atoms with Gasteiger partial charge in [-0.15, -0.1) is 0 Å². The maximum atomic E-state index is 12.0. The van der Waals surface area contributed by atoms with E-state index in [9.17, 15) is 9.59 Å². The Morgan fingerprint density at radius 3 is 2.45 bits per heavy atom. The Morgan fingerprint density at radius 1 is 1.20 bits per heavy atom. The van der Waals surface area contributed by atoms with Gasteiger partial charge in [-0.1, -0.05) is 0 Å². The summed E-state index contributed by atoms with van der Waals surface area (Å²) in [4.78, 5) is 25.4. The van der Waals surface area contributed by atoms with E-state index < -0.39 is 17.8 Å². The molecule has 114 valence electrons. The minimum atomic E-state index is -1.09. The molecule has 1 spiro atoms. The molecule has 0 aliphatic carbocycles. The highest BCUT2D eigenvalue weighted by atomic mass is 16.7. The molecule has 0 N–H and O–H groups in total. The van der Waals surface area contributed by atoms with Gasteiger partial charge < -0.3 is 23.8 Å². The molecule has 2 aliphatic rings. The molecule has 7 nitrogen and oxygen atoms in total. The van der Waals surface area contributed by atoms with E-state index in [2.05, 4.69) is 0 Å². The van der Waals surface area contributed by atoms with Crippen LogP contribution in [0.4, 0.5) is 4.79 Å². The van der Waals surface area contributed by atoms with Crippen LogP contribution in [0.1, 0.15) is 20.3 Å². The highest BCUT2D eigenvalue weighted by Crippen LogP contribution is 2.36. The van der Waals surface area contributed by atoms with Gasteiger partial charge in [0.1, 0.15) is 5.92 Å². The van der Waals surface area contributed by atoms with Gasteiger partial charge in [-0.2, -0.15) is 0 Å². The van der Waals surface area contributed by atoms with Gasteiger partial charge in [0.05, 0.1) is 33.0 Å². The SMILES string of the molecule is CCOC(=O)[C@H]1CCN(C(=O)OCC)CC12OCCO2. The van der Waals surface area contributed by atoms with Gasteiger partial charge in [0, 0.05) is 6.54 Å². The molecule has 2 heterocycles. The van der Waals surface area contributed by atoms with Crippen molar-refractivity contribution in [3.8, 4) is 0 Å². The van der Waals surface area contributed by atoms with Crippen LogP contribution >= 0.6 is 0 Å². The molecule has 7 heteroatoms. The third kappa shape index (κ3) is 2.88. The predicted octanol–water partition coefficient (Wildman–Crippen LogP) is 0.771. The van der Waals surface area contributed by atoms with Crippen molar-refractivity contribution in [1.82, 2.24) is 4.90 Å². The fraction of sp³-hybridized carbons (Fsp3) is 0.846. The third-order valence-electron chi connectivity index (χ3n) is 3.50. The molecule has 0 aromatic carbocycles. The smallest absolute Gasteiger partial charge is 0.409 e. The van der Waals surface area contributed by atoms with Crippen molar-refractivity contribution in [2.75, 3.05) is 39.5 Å². The fourth-order valence-corrected chi connectivity index (χ4v) is 2.63. The van der Waals surface area contributed by atoms with E-state index in [0.717, 1.165) is 0 Å². The first-order valence-corrected chi connectivity index (χ1v) is 6.99. The number of ether oxygens (including phenoxy) is 4. The van der Waals surface area contributed by atoms with Crippen molar-refractivity contribution >= 4 is 12.1 Å². The Bertz CT molecular complexity index is 366. The lowest BCUT2D eigenvalue weighted by Crippen LogP contribution is -2.58. The van der Waals surface area contributed by atoms with Gasteiger partial charge in [-0.25, -0.2) is 4.79 Å². The van der Waals surface area contributed by atoms with Crippen LogP contribution < -0.4 is 0 Å². The first-order valence-electron chi connectivity index (χ1n) is 6.99. The standard InChI is InChI=1S/C13H21NO6/c1-3-17-11(15)10-5-6-14(12(16)18-4-2)9-13(10)19-7-8-20-13/h10H,3-9H2,1-2H3/t10-/m1/s1. The molecule has 0 aromatic rings. The minimum Gasteiger partial charge on any atom is -0.466 e. The normalized spacial score (nSPS) is 24.7. The molecule has 0 aromatic heterocycles. The van der Waals surface area contributed by atoms with Gasteiger partial charge in [0.15, 0.2) is 5.79 Å². The minimum absolute atomic E-state index is 0.190. The van der Waals surface area contributed by atoms with Crippen LogP contribution in [0, 0.1) is 5.92 Å². The molecule has 1 atom stereocenters. The van der Waals surface area contributed by atoms with Crippen LogP contribution in [-0.2, 0) is 23.7 Å². The molecular weight excluding hydrogens is 266 g/mol. The Labute approximate surface area is 118 Å². The molecule has 2 aliphatic heterocycles. The number of hydrogen-bond acceptors (Lipinski definition) is 6. The van der Waals surface area contributed by atoms with Crippen LogP contribution in [0.2, 0.25) is 0 Å². The molecule has 2 rings (SSSR count). The zero-order valence-electron chi connectivity index (χ0n) is 11.9. The Morgan fingerprint density at radius 2 is 1.85 bits per heavy atom. The summed E-state index contributed by atoms with van der Waals surface area (Å²) in [5, 5.41) is 0. The van der Waals surface area contributed by atoms with Crippen molar-refractivity contribution in [3.63, 3.8) is 0 Å². The van der Waals surface area contributed by atoms with Crippen molar-refractivity contribution in [3.05, 3.63) is 0 Å². The van der Waals surface area contributed by atoms with Crippen LogP contribution in [-0.4, -0.2) is 62.3 Å². The van der Waals surface area contributed by atoms with Gasteiger partial charge in [-0.3, -0.25) is 4.79 Å². The van der Waals surface area contributed by atoms with Crippen LogP contribution in [0.3, 0.4) is 0 Å². The number of nitrogens with zero attached hydrogens (tertiary/aromatic N) is 1. The summed E-state index contributed by atoms with van der Waals surface area (Å²) < 4.78 is 21.4. The number of piperidine rings is 1. The molecule has 2 saturated heterocycles. The van der Waals surface area contributed by atoms with Gasteiger partial charge in [-0.05, 0) is 20.3 Å². The number of rotatable bonds is 3. The maximum absolute atomic E-state index is 12.0. The number of carbonyl (C=O) groups excluding carboxylic acids is 2. The molecule has 0 unspecified atom stereocenters. The Balaban J connectivity index is 2.10. The fourth-order valence-electron chi connectivity index (χ4n) is 2.63. The monoisotopic (exact) mass is 287 g/mol. The number of esters is 1. The molecule has 20 heavy (non-hydrogen) atoms. The third-order valence-corrected chi connectivity index (χ3v) is 3.50. The van der Waals surface area contributed by atoms with Crippen molar-refractivity contribution in [1.29, 1.82) is 0 Å². The lowest BCUT2D eigenvalue weighted by Gasteiger charge is -2.42. The molecule has 0 radical (unpaired) electrons. The second-order valence-electron chi connectivity index (χ2n) is 4.72. The van der Waals surface area contributed by atoms with E-state index in [0.29, 0.717) is 39.4 Å².